The molecule has 0 saturated heterocycles. The molecule has 72 valence electrons. The van der Waals surface area contributed by atoms with Gasteiger partial charge in [0.05, 0.1) is 4.70 Å². The van der Waals surface area contributed by atoms with Crippen LogP contribution < -0.4 is 0 Å². The first-order chi connectivity index (χ1) is 6.72. The summed E-state index contributed by atoms with van der Waals surface area (Å²) in [5, 5.41) is 0.983. The van der Waals surface area contributed by atoms with Crippen molar-refractivity contribution in [3.63, 3.8) is 0 Å². The van der Waals surface area contributed by atoms with Crippen molar-refractivity contribution in [1.82, 2.24) is 4.37 Å². The lowest BCUT2D eigenvalue weighted by Crippen LogP contribution is -1.86. The van der Waals surface area contributed by atoms with Crippen molar-refractivity contribution in [3.05, 3.63) is 29.5 Å². The van der Waals surface area contributed by atoms with E-state index in [1.165, 1.54) is 17.1 Å². The van der Waals surface area contributed by atoms with Gasteiger partial charge in [-0.15, -0.1) is 0 Å². The standard InChI is InChI=1S/C11H11NOS/c1-7(2)8-3-4-11-9(5-8)10(6-13)12-14-11/h3-7H,1-2H3. The van der Waals surface area contributed by atoms with E-state index in [0.29, 0.717) is 11.6 Å². The molecule has 0 aliphatic rings. The molecule has 0 saturated carbocycles. The summed E-state index contributed by atoms with van der Waals surface area (Å²) in [5.74, 6) is 0.485. The van der Waals surface area contributed by atoms with Gasteiger partial charge in [-0.2, -0.15) is 4.37 Å². The number of benzene rings is 1. The van der Waals surface area contributed by atoms with E-state index >= 15 is 0 Å². The lowest BCUT2D eigenvalue weighted by molar-refractivity contribution is 0.112. The predicted molar refractivity (Wildman–Crippen MR) is 59.1 cm³/mol. The van der Waals surface area contributed by atoms with E-state index in [1.807, 2.05) is 6.07 Å². The summed E-state index contributed by atoms with van der Waals surface area (Å²) >= 11 is 1.38. The van der Waals surface area contributed by atoms with Crippen molar-refractivity contribution in [2.24, 2.45) is 0 Å². The van der Waals surface area contributed by atoms with Crippen molar-refractivity contribution in [2.45, 2.75) is 19.8 Å². The topological polar surface area (TPSA) is 30.0 Å². The Kier molecular flexibility index (Phi) is 2.33. The van der Waals surface area contributed by atoms with Crippen LogP contribution in [0.4, 0.5) is 0 Å². The predicted octanol–water partition coefficient (Wildman–Crippen LogP) is 3.23. The number of carbonyl (C=O) groups is 1. The van der Waals surface area contributed by atoms with Crippen LogP contribution in [-0.4, -0.2) is 10.7 Å². The molecule has 14 heavy (non-hydrogen) atoms. The van der Waals surface area contributed by atoms with Crippen LogP contribution in [0.1, 0.15) is 35.8 Å². The highest BCUT2D eigenvalue weighted by molar-refractivity contribution is 7.13. The maximum absolute atomic E-state index is 10.7. The van der Waals surface area contributed by atoms with E-state index in [4.69, 9.17) is 0 Å². The lowest BCUT2D eigenvalue weighted by Gasteiger charge is -2.04. The molecule has 0 N–H and O–H groups in total. The minimum atomic E-state index is 0.485. The number of fused-ring (bicyclic) bond motifs is 1. The van der Waals surface area contributed by atoms with Gasteiger partial charge in [-0.3, -0.25) is 4.79 Å². The Hall–Kier alpha value is -1.22. The molecule has 0 atom stereocenters. The molecule has 0 fully saturated rings. The van der Waals surface area contributed by atoms with Crippen molar-refractivity contribution in [1.29, 1.82) is 0 Å². The fraction of sp³-hybridized carbons (Fsp3) is 0.273. The minimum absolute atomic E-state index is 0.485. The van der Waals surface area contributed by atoms with E-state index in [1.54, 1.807) is 0 Å². The number of hydrogen-bond donors (Lipinski definition) is 0. The third kappa shape index (κ3) is 1.44. The molecular weight excluding hydrogens is 194 g/mol. The summed E-state index contributed by atoms with van der Waals surface area (Å²) in [5.41, 5.74) is 1.81. The van der Waals surface area contributed by atoms with Gasteiger partial charge in [-0.25, -0.2) is 0 Å². The van der Waals surface area contributed by atoms with E-state index in [2.05, 4.69) is 30.4 Å². The largest absolute Gasteiger partial charge is 0.296 e. The van der Waals surface area contributed by atoms with Crippen LogP contribution in [0.2, 0.25) is 0 Å². The summed E-state index contributed by atoms with van der Waals surface area (Å²) in [6.45, 7) is 4.28. The second-order valence-corrected chi connectivity index (χ2v) is 4.40. The molecule has 1 heterocycles. The summed E-state index contributed by atoms with van der Waals surface area (Å²) in [4.78, 5) is 10.7. The molecule has 2 aromatic rings. The van der Waals surface area contributed by atoms with Crippen LogP contribution in [-0.2, 0) is 0 Å². The van der Waals surface area contributed by atoms with Gasteiger partial charge in [0.2, 0.25) is 0 Å². The summed E-state index contributed by atoms with van der Waals surface area (Å²) in [6.07, 6.45) is 0.822. The zero-order valence-electron chi connectivity index (χ0n) is 8.15. The number of aldehydes is 1. The van der Waals surface area contributed by atoms with Crippen LogP contribution in [0, 0.1) is 0 Å². The number of rotatable bonds is 2. The normalized spacial score (nSPS) is 11.1. The number of nitrogens with zero attached hydrogens (tertiary/aromatic N) is 1. The first-order valence-electron chi connectivity index (χ1n) is 4.57. The van der Waals surface area contributed by atoms with Gasteiger partial charge in [0.1, 0.15) is 5.69 Å². The maximum atomic E-state index is 10.7. The molecule has 2 rings (SSSR count). The van der Waals surface area contributed by atoms with Crippen molar-refractivity contribution in [3.8, 4) is 0 Å². The van der Waals surface area contributed by atoms with E-state index in [-0.39, 0.29) is 0 Å². The van der Waals surface area contributed by atoms with Crippen LogP contribution in [0.25, 0.3) is 10.1 Å². The fourth-order valence-electron chi connectivity index (χ4n) is 1.42. The maximum Gasteiger partial charge on any atom is 0.170 e. The number of hydrogen-bond acceptors (Lipinski definition) is 3. The molecule has 0 amide bonds. The Labute approximate surface area is 86.7 Å². The molecule has 2 nitrogen and oxygen atoms in total. The quantitative estimate of drug-likeness (QED) is 0.704. The van der Waals surface area contributed by atoms with Gasteiger partial charge >= 0.3 is 0 Å². The Morgan fingerprint density at radius 2 is 2.21 bits per heavy atom. The van der Waals surface area contributed by atoms with Gasteiger partial charge < -0.3 is 0 Å². The molecule has 0 spiro atoms. The summed E-state index contributed by atoms with van der Waals surface area (Å²) in [7, 11) is 0. The molecule has 0 radical (unpaired) electrons. The second-order valence-electron chi connectivity index (χ2n) is 3.60. The SMILES string of the molecule is CC(C)c1ccc2snc(C=O)c2c1. The molecule has 1 aromatic heterocycles. The van der Waals surface area contributed by atoms with Crippen molar-refractivity contribution in [2.75, 3.05) is 0 Å². The molecule has 0 aliphatic carbocycles. The average Bonchev–Trinajstić information content (AvgIpc) is 2.59. The van der Waals surface area contributed by atoms with Gasteiger partial charge in [-0.05, 0) is 35.1 Å². The Morgan fingerprint density at radius 3 is 2.86 bits per heavy atom. The first-order valence-corrected chi connectivity index (χ1v) is 5.34. The molecule has 0 bridgehead atoms. The fourth-order valence-corrected chi connectivity index (χ4v) is 2.15. The smallest absolute Gasteiger partial charge is 0.170 e. The number of aromatic nitrogens is 1. The zero-order chi connectivity index (χ0) is 10.1. The highest BCUT2D eigenvalue weighted by Gasteiger charge is 2.07. The highest BCUT2D eigenvalue weighted by atomic mass is 32.1. The van der Waals surface area contributed by atoms with Gasteiger partial charge in [0.25, 0.3) is 0 Å². The van der Waals surface area contributed by atoms with Crippen LogP contribution in [0.5, 0.6) is 0 Å². The third-order valence-corrected chi connectivity index (χ3v) is 3.14. The minimum Gasteiger partial charge on any atom is -0.296 e. The van der Waals surface area contributed by atoms with Crippen LogP contribution in [0.15, 0.2) is 18.2 Å². The number of carbonyl (C=O) groups excluding carboxylic acids is 1. The van der Waals surface area contributed by atoms with E-state index in [9.17, 15) is 4.79 Å². The Morgan fingerprint density at radius 1 is 1.43 bits per heavy atom. The second kappa shape index (κ2) is 3.50. The summed E-state index contributed by atoms with van der Waals surface area (Å²) < 4.78 is 5.17. The monoisotopic (exact) mass is 205 g/mol. The average molecular weight is 205 g/mol. The van der Waals surface area contributed by atoms with E-state index < -0.39 is 0 Å². The van der Waals surface area contributed by atoms with Gasteiger partial charge in [-0.1, -0.05) is 19.9 Å². The lowest BCUT2D eigenvalue weighted by atomic mass is 10.0. The third-order valence-electron chi connectivity index (χ3n) is 2.30. The molecular formula is C11H11NOS. The molecule has 0 aliphatic heterocycles. The van der Waals surface area contributed by atoms with E-state index in [0.717, 1.165) is 16.4 Å². The first kappa shape index (κ1) is 9.34. The van der Waals surface area contributed by atoms with Crippen LogP contribution in [0.3, 0.4) is 0 Å². The van der Waals surface area contributed by atoms with Gasteiger partial charge in [0, 0.05) is 5.39 Å². The molecule has 3 heteroatoms. The molecule has 0 unspecified atom stereocenters. The Balaban J connectivity index is 2.67. The van der Waals surface area contributed by atoms with Crippen molar-refractivity contribution < 1.29 is 4.79 Å². The Bertz CT molecular complexity index is 473. The van der Waals surface area contributed by atoms with Gasteiger partial charge in [0.15, 0.2) is 6.29 Å². The van der Waals surface area contributed by atoms with Crippen molar-refractivity contribution >= 4 is 27.9 Å². The summed E-state index contributed by atoms with van der Waals surface area (Å²) in [6, 6.07) is 6.20. The molecule has 1 aromatic carbocycles. The zero-order valence-corrected chi connectivity index (χ0v) is 8.97. The van der Waals surface area contributed by atoms with Crippen LogP contribution >= 0.6 is 11.5 Å². The highest BCUT2D eigenvalue weighted by Crippen LogP contribution is 2.25.